The highest BCUT2D eigenvalue weighted by molar-refractivity contribution is 5.57. The Morgan fingerprint density at radius 1 is 1.23 bits per heavy atom. The molecular weight excluding hydrogens is 162 g/mol. The second kappa shape index (κ2) is 3.29. The van der Waals surface area contributed by atoms with E-state index in [9.17, 15) is 0 Å². The number of nitrogen functional groups attached to an aromatic ring is 1. The number of ether oxygens (including phenoxy) is 1. The number of nitrogens with two attached hydrogens (primary N) is 1. The zero-order valence-electron chi connectivity index (χ0n) is 8.72. The summed E-state index contributed by atoms with van der Waals surface area (Å²) >= 11 is 0. The lowest BCUT2D eigenvalue weighted by Gasteiger charge is -2.22. The molecule has 1 aromatic rings. The lowest BCUT2D eigenvalue weighted by Crippen LogP contribution is -2.23. The topological polar surface area (TPSA) is 35.2 Å². The molecule has 2 nitrogen and oxygen atoms in total. The summed E-state index contributed by atoms with van der Waals surface area (Å²) in [5, 5.41) is 0. The van der Waals surface area contributed by atoms with Crippen LogP contribution in [0.1, 0.15) is 26.3 Å². The fourth-order valence-electron chi connectivity index (χ4n) is 1.07. The van der Waals surface area contributed by atoms with Crippen molar-refractivity contribution in [3.8, 4) is 5.75 Å². The van der Waals surface area contributed by atoms with Crippen molar-refractivity contribution in [1.29, 1.82) is 0 Å². The second-order valence-electron chi connectivity index (χ2n) is 4.20. The first-order chi connectivity index (χ1) is 5.90. The van der Waals surface area contributed by atoms with Crippen LogP contribution in [0.2, 0.25) is 0 Å². The Labute approximate surface area is 79.7 Å². The maximum absolute atomic E-state index is 5.86. The summed E-state index contributed by atoms with van der Waals surface area (Å²) in [6.45, 7) is 8.00. The zero-order valence-corrected chi connectivity index (χ0v) is 8.72. The van der Waals surface area contributed by atoms with Crippen LogP contribution in [0.25, 0.3) is 0 Å². The Morgan fingerprint density at radius 2 is 1.85 bits per heavy atom. The highest BCUT2D eigenvalue weighted by atomic mass is 16.5. The maximum Gasteiger partial charge on any atom is 0.143 e. The third kappa shape index (κ3) is 2.65. The molecule has 2 N–H and O–H groups in total. The number of rotatable bonds is 1. The van der Waals surface area contributed by atoms with Gasteiger partial charge in [-0.2, -0.15) is 0 Å². The molecule has 0 heterocycles. The van der Waals surface area contributed by atoms with E-state index < -0.39 is 0 Å². The first kappa shape index (κ1) is 9.90. The van der Waals surface area contributed by atoms with Crippen molar-refractivity contribution in [2.24, 2.45) is 0 Å². The average molecular weight is 179 g/mol. The Morgan fingerprint density at radius 3 is 2.38 bits per heavy atom. The number of anilines is 1. The number of hydrogen-bond acceptors (Lipinski definition) is 2. The monoisotopic (exact) mass is 179 g/mol. The minimum atomic E-state index is -0.193. The van der Waals surface area contributed by atoms with Crippen molar-refractivity contribution in [3.05, 3.63) is 23.8 Å². The van der Waals surface area contributed by atoms with E-state index in [0.29, 0.717) is 0 Å². The molecule has 0 spiro atoms. The van der Waals surface area contributed by atoms with E-state index in [1.54, 1.807) is 0 Å². The predicted molar refractivity (Wildman–Crippen MR) is 56.0 cm³/mol. The molecule has 0 unspecified atom stereocenters. The van der Waals surface area contributed by atoms with Gasteiger partial charge in [0.1, 0.15) is 11.4 Å². The van der Waals surface area contributed by atoms with Crippen LogP contribution in [0.5, 0.6) is 5.75 Å². The molecule has 1 rings (SSSR count). The summed E-state index contributed by atoms with van der Waals surface area (Å²) in [5.41, 5.74) is 7.46. The van der Waals surface area contributed by atoms with Gasteiger partial charge in [0.05, 0.1) is 5.69 Å². The molecule has 0 aliphatic heterocycles. The van der Waals surface area contributed by atoms with Gasteiger partial charge >= 0.3 is 0 Å². The van der Waals surface area contributed by atoms with Crippen LogP contribution in [0.4, 0.5) is 5.69 Å². The molecule has 0 amide bonds. The van der Waals surface area contributed by atoms with Crippen molar-refractivity contribution in [2.75, 3.05) is 5.73 Å². The third-order valence-electron chi connectivity index (χ3n) is 1.70. The van der Waals surface area contributed by atoms with Gasteiger partial charge in [-0.1, -0.05) is 12.1 Å². The maximum atomic E-state index is 5.86. The third-order valence-corrected chi connectivity index (χ3v) is 1.70. The molecule has 72 valence electrons. The van der Waals surface area contributed by atoms with Crippen molar-refractivity contribution >= 4 is 5.69 Å². The molecule has 0 saturated heterocycles. The lowest BCUT2D eigenvalue weighted by molar-refractivity contribution is 0.132. The number of hydrogen-bond donors (Lipinski definition) is 1. The van der Waals surface area contributed by atoms with E-state index in [1.165, 1.54) is 0 Å². The molecule has 2 heteroatoms. The highest BCUT2D eigenvalue weighted by Gasteiger charge is 2.13. The molecule has 0 aliphatic carbocycles. The van der Waals surface area contributed by atoms with E-state index in [1.807, 2.05) is 45.9 Å². The molecule has 0 radical (unpaired) electrons. The van der Waals surface area contributed by atoms with Crippen molar-refractivity contribution < 1.29 is 4.74 Å². The van der Waals surface area contributed by atoms with Gasteiger partial charge in [-0.05, 0) is 39.3 Å². The van der Waals surface area contributed by atoms with Crippen LogP contribution in [0, 0.1) is 6.92 Å². The number of benzene rings is 1. The molecule has 0 aromatic heterocycles. The van der Waals surface area contributed by atoms with Crippen molar-refractivity contribution in [3.63, 3.8) is 0 Å². The average Bonchev–Trinajstić information content (AvgIpc) is 1.96. The van der Waals surface area contributed by atoms with Crippen LogP contribution in [-0.4, -0.2) is 5.60 Å². The molecule has 0 fully saturated rings. The number of aryl methyl sites for hydroxylation is 1. The van der Waals surface area contributed by atoms with Crippen molar-refractivity contribution in [1.82, 2.24) is 0 Å². The van der Waals surface area contributed by atoms with Gasteiger partial charge in [-0.25, -0.2) is 0 Å². The summed E-state index contributed by atoms with van der Waals surface area (Å²) in [7, 11) is 0. The van der Waals surface area contributed by atoms with Gasteiger partial charge < -0.3 is 10.5 Å². The smallest absolute Gasteiger partial charge is 0.143 e. The van der Waals surface area contributed by atoms with Crippen molar-refractivity contribution in [2.45, 2.75) is 33.3 Å². The largest absolute Gasteiger partial charge is 0.486 e. The summed E-state index contributed by atoms with van der Waals surface area (Å²) in [5.74, 6) is 0.771. The van der Waals surface area contributed by atoms with Crippen LogP contribution in [0.15, 0.2) is 18.2 Å². The molecule has 13 heavy (non-hydrogen) atoms. The van der Waals surface area contributed by atoms with Gasteiger partial charge in [-0.15, -0.1) is 0 Å². The Hall–Kier alpha value is -1.18. The van der Waals surface area contributed by atoms with E-state index in [0.717, 1.165) is 17.0 Å². The molecular formula is C11H17NO. The Balaban J connectivity index is 2.96. The fourth-order valence-corrected chi connectivity index (χ4v) is 1.07. The Kier molecular flexibility index (Phi) is 2.50. The summed E-state index contributed by atoms with van der Waals surface area (Å²) in [6, 6.07) is 5.82. The second-order valence-corrected chi connectivity index (χ2v) is 4.20. The van der Waals surface area contributed by atoms with Gasteiger partial charge in [0, 0.05) is 0 Å². The molecule has 0 bridgehead atoms. The molecule has 0 atom stereocenters. The van der Waals surface area contributed by atoms with Gasteiger partial charge in [-0.3, -0.25) is 0 Å². The minimum absolute atomic E-state index is 0.193. The lowest BCUT2D eigenvalue weighted by atomic mass is 10.1. The van der Waals surface area contributed by atoms with Crippen LogP contribution in [0.3, 0.4) is 0 Å². The van der Waals surface area contributed by atoms with Gasteiger partial charge in [0.15, 0.2) is 0 Å². The normalized spacial score (nSPS) is 11.4. The highest BCUT2D eigenvalue weighted by Crippen LogP contribution is 2.27. The van der Waals surface area contributed by atoms with E-state index >= 15 is 0 Å². The summed E-state index contributed by atoms with van der Waals surface area (Å²) < 4.78 is 5.69. The van der Waals surface area contributed by atoms with Crippen LogP contribution in [-0.2, 0) is 0 Å². The van der Waals surface area contributed by atoms with E-state index in [-0.39, 0.29) is 5.60 Å². The Bertz CT molecular complexity index is 299. The fraction of sp³-hybridized carbons (Fsp3) is 0.455. The van der Waals surface area contributed by atoms with Crippen LogP contribution >= 0.6 is 0 Å². The summed E-state index contributed by atoms with van der Waals surface area (Å²) in [4.78, 5) is 0. The number of para-hydroxylation sites is 1. The quantitative estimate of drug-likeness (QED) is 0.673. The van der Waals surface area contributed by atoms with E-state index in [4.69, 9.17) is 10.5 Å². The predicted octanol–water partition coefficient (Wildman–Crippen LogP) is 2.75. The van der Waals surface area contributed by atoms with Gasteiger partial charge in [0.2, 0.25) is 0 Å². The molecule has 0 aliphatic rings. The SMILES string of the molecule is Cc1cccc(OC(C)(C)C)c1N. The molecule has 1 aromatic carbocycles. The minimum Gasteiger partial charge on any atom is -0.486 e. The first-order valence-corrected chi connectivity index (χ1v) is 4.44. The molecule has 0 saturated carbocycles. The van der Waals surface area contributed by atoms with Crippen LogP contribution < -0.4 is 10.5 Å². The standard InChI is InChI=1S/C11H17NO/c1-8-6-5-7-9(10(8)12)13-11(2,3)4/h5-7H,12H2,1-4H3. The summed E-state index contributed by atoms with van der Waals surface area (Å²) in [6.07, 6.45) is 0. The first-order valence-electron chi connectivity index (χ1n) is 4.44. The zero-order chi connectivity index (χ0) is 10.1. The van der Waals surface area contributed by atoms with Gasteiger partial charge in [0.25, 0.3) is 0 Å². The van der Waals surface area contributed by atoms with E-state index in [2.05, 4.69) is 0 Å².